The number of ether oxygens (including phenoxy) is 1. The molecule has 1 atom stereocenters. The molecule has 0 aliphatic heterocycles. The predicted molar refractivity (Wildman–Crippen MR) is 81.6 cm³/mol. The van der Waals surface area contributed by atoms with Crippen molar-refractivity contribution in [2.75, 3.05) is 7.11 Å². The number of hydrogen-bond donors (Lipinski definition) is 0. The van der Waals surface area contributed by atoms with Crippen LogP contribution in [0.3, 0.4) is 0 Å². The third-order valence-corrected chi connectivity index (χ3v) is 4.65. The molecule has 1 aliphatic carbocycles. The standard InChI is InChI=1S/C18H26O/c1-14-8-7-13-18(2,3)16(14)12-11-15-9-5-6-10-17(15)19-4/h5-6,9-10,16H,1,7-8,11-13H2,2-4H3/t16-/m1/s1. The first-order valence-corrected chi connectivity index (χ1v) is 7.34. The summed E-state index contributed by atoms with van der Waals surface area (Å²) in [6.45, 7) is 9.10. The van der Waals surface area contributed by atoms with E-state index in [0.717, 1.165) is 12.2 Å². The van der Waals surface area contributed by atoms with E-state index in [4.69, 9.17) is 4.74 Å². The van der Waals surface area contributed by atoms with Gasteiger partial charge in [-0.15, -0.1) is 0 Å². The molecule has 1 nitrogen and oxygen atoms in total. The summed E-state index contributed by atoms with van der Waals surface area (Å²) >= 11 is 0. The number of benzene rings is 1. The summed E-state index contributed by atoms with van der Waals surface area (Å²) in [5, 5.41) is 0. The predicted octanol–water partition coefficient (Wildman–Crippen LogP) is 5.01. The number of hydrogen-bond acceptors (Lipinski definition) is 1. The van der Waals surface area contributed by atoms with E-state index in [1.54, 1.807) is 7.11 Å². The van der Waals surface area contributed by atoms with Crippen LogP contribution in [0.15, 0.2) is 36.4 Å². The molecule has 0 bridgehead atoms. The van der Waals surface area contributed by atoms with Gasteiger partial charge in [0.1, 0.15) is 5.75 Å². The highest BCUT2D eigenvalue weighted by Crippen LogP contribution is 2.45. The molecule has 0 N–H and O–H groups in total. The molecule has 1 aromatic rings. The highest BCUT2D eigenvalue weighted by Gasteiger charge is 2.34. The van der Waals surface area contributed by atoms with Gasteiger partial charge < -0.3 is 4.74 Å². The second-order valence-electron chi connectivity index (χ2n) is 6.40. The van der Waals surface area contributed by atoms with Gasteiger partial charge in [-0.25, -0.2) is 0 Å². The van der Waals surface area contributed by atoms with Gasteiger partial charge in [0.2, 0.25) is 0 Å². The van der Waals surface area contributed by atoms with Gasteiger partial charge in [-0.2, -0.15) is 0 Å². The molecule has 0 spiro atoms. The number of allylic oxidation sites excluding steroid dienone is 1. The normalized spacial score (nSPS) is 22.3. The quantitative estimate of drug-likeness (QED) is 0.690. The average Bonchev–Trinajstić information content (AvgIpc) is 2.38. The molecule has 0 amide bonds. The van der Waals surface area contributed by atoms with Crippen molar-refractivity contribution in [3.8, 4) is 5.75 Å². The van der Waals surface area contributed by atoms with Crippen LogP contribution < -0.4 is 4.74 Å². The van der Waals surface area contributed by atoms with Gasteiger partial charge in [0.25, 0.3) is 0 Å². The van der Waals surface area contributed by atoms with Crippen LogP contribution in [-0.4, -0.2) is 7.11 Å². The summed E-state index contributed by atoms with van der Waals surface area (Å²) < 4.78 is 5.44. The van der Waals surface area contributed by atoms with Crippen LogP contribution in [0.1, 0.15) is 45.1 Å². The van der Waals surface area contributed by atoms with Gasteiger partial charge in [-0.05, 0) is 55.1 Å². The van der Waals surface area contributed by atoms with Crippen molar-refractivity contribution in [1.29, 1.82) is 0 Å². The maximum Gasteiger partial charge on any atom is 0.122 e. The highest BCUT2D eigenvalue weighted by atomic mass is 16.5. The Morgan fingerprint density at radius 1 is 1.32 bits per heavy atom. The van der Waals surface area contributed by atoms with Gasteiger partial charge in [0, 0.05) is 0 Å². The van der Waals surface area contributed by atoms with Gasteiger partial charge in [-0.3, -0.25) is 0 Å². The Balaban J connectivity index is 2.06. The van der Waals surface area contributed by atoms with E-state index in [2.05, 4.69) is 38.6 Å². The van der Waals surface area contributed by atoms with Crippen molar-refractivity contribution in [1.82, 2.24) is 0 Å². The van der Waals surface area contributed by atoms with Crippen molar-refractivity contribution < 1.29 is 4.74 Å². The smallest absolute Gasteiger partial charge is 0.122 e. The molecular weight excluding hydrogens is 232 g/mol. The molecule has 0 heterocycles. The topological polar surface area (TPSA) is 9.23 Å². The Hall–Kier alpha value is -1.24. The van der Waals surface area contributed by atoms with Gasteiger partial charge in [0.15, 0.2) is 0 Å². The molecule has 19 heavy (non-hydrogen) atoms. The van der Waals surface area contributed by atoms with Gasteiger partial charge >= 0.3 is 0 Å². The molecule has 1 fully saturated rings. The molecule has 2 rings (SSSR count). The fraction of sp³-hybridized carbons (Fsp3) is 0.556. The minimum atomic E-state index is 0.400. The number of aryl methyl sites for hydroxylation is 1. The Morgan fingerprint density at radius 3 is 2.74 bits per heavy atom. The molecule has 1 aliphatic rings. The number of para-hydroxylation sites is 1. The van der Waals surface area contributed by atoms with Crippen LogP contribution in [0.5, 0.6) is 5.75 Å². The maximum absolute atomic E-state index is 5.44. The highest BCUT2D eigenvalue weighted by molar-refractivity contribution is 5.33. The van der Waals surface area contributed by atoms with Crippen molar-refractivity contribution >= 4 is 0 Å². The lowest BCUT2D eigenvalue weighted by molar-refractivity contribution is 0.180. The minimum Gasteiger partial charge on any atom is -0.496 e. The molecule has 0 unspecified atom stereocenters. The molecule has 1 aromatic carbocycles. The van der Waals surface area contributed by atoms with Crippen molar-refractivity contribution in [3.63, 3.8) is 0 Å². The Labute approximate surface area is 117 Å². The van der Waals surface area contributed by atoms with Crippen LogP contribution in [-0.2, 0) is 6.42 Å². The van der Waals surface area contributed by atoms with E-state index in [1.165, 1.54) is 36.8 Å². The molecular formula is C18H26O. The lowest BCUT2D eigenvalue weighted by atomic mass is 9.65. The first kappa shape index (κ1) is 14.2. The Kier molecular flexibility index (Phi) is 4.34. The molecule has 1 heteroatoms. The average molecular weight is 258 g/mol. The van der Waals surface area contributed by atoms with Gasteiger partial charge in [0.05, 0.1) is 7.11 Å². The zero-order chi connectivity index (χ0) is 13.9. The van der Waals surface area contributed by atoms with Crippen LogP contribution >= 0.6 is 0 Å². The van der Waals surface area contributed by atoms with Crippen LogP contribution in [0.25, 0.3) is 0 Å². The van der Waals surface area contributed by atoms with Crippen molar-refractivity contribution in [3.05, 3.63) is 42.0 Å². The van der Waals surface area contributed by atoms with E-state index >= 15 is 0 Å². The van der Waals surface area contributed by atoms with Gasteiger partial charge in [-0.1, -0.05) is 44.2 Å². The first-order chi connectivity index (χ1) is 9.04. The SMILES string of the molecule is C=C1CCCC(C)(C)[C@@H]1CCc1ccccc1OC. The number of methoxy groups -OCH3 is 1. The second-order valence-corrected chi connectivity index (χ2v) is 6.40. The maximum atomic E-state index is 5.44. The zero-order valence-corrected chi connectivity index (χ0v) is 12.5. The van der Waals surface area contributed by atoms with E-state index in [0.29, 0.717) is 11.3 Å². The summed E-state index contributed by atoms with van der Waals surface area (Å²) in [5.74, 6) is 1.66. The van der Waals surface area contributed by atoms with Crippen LogP contribution in [0, 0.1) is 11.3 Å². The van der Waals surface area contributed by atoms with E-state index in [-0.39, 0.29) is 0 Å². The zero-order valence-electron chi connectivity index (χ0n) is 12.5. The second kappa shape index (κ2) is 5.81. The van der Waals surface area contributed by atoms with E-state index in [1.807, 2.05) is 6.07 Å². The first-order valence-electron chi connectivity index (χ1n) is 7.34. The molecule has 0 saturated heterocycles. The van der Waals surface area contributed by atoms with Crippen molar-refractivity contribution in [2.24, 2.45) is 11.3 Å². The summed E-state index contributed by atoms with van der Waals surface area (Å²) in [6, 6.07) is 8.36. The van der Waals surface area contributed by atoms with Crippen LogP contribution in [0.2, 0.25) is 0 Å². The summed E-state index contributed by atoms with van der Waals surface area (Å²) in [7, 11) is 1.75. The van der Waals surface area contributed by atoms with E-state index < -0.39 is 0 Å². The molecule has 0 aromatic heterocycles. The minimum absolute atomic E-state index is 0.400. The van der Waals surface area contributed by atoms with E-state index in [9.17, 15) is 0 Å². The molecule has 1 saturated carbocycles. The fourth-order valence-electron chi connectivity index (χ4n) is 3.48. The molecule has 0 radical (unpaired) electrons. The lowest BCUT2D eigenvalue weighted by Crippen LogP contribution is -2.29. The summed E-state index contributed by atoms with van der Waals surface area (Å²) in [6.07, 6.45) is 6.10. The summed E-state index contributed by atoms with van der Waals surface area (Å²) in [4.78, 5) is 0. The number of rotatable bonds is 4. The summed E-state index contributed by atoms with van der Waals surface area (Å²) in [5.41, 5.74) is 3.17. The third kappa shape index (κ3) is 3.20. The van der Waals surface area contributed by atoms with Crippen LogP contribution in [0.4, 0.5) is 0 Å². The lowest BCUT2D eigenvalue weighted by Gasteiger charge is -2.40. The Bertz CT molecular complexity index is 445. The molecule has 104 valence electrons. The Morgan fingerprint density at radius 2 is 2.05 bits per heavy atom. The third-order valence-electron chi connectivity index (χ3n) is 4.65. The van der Waals surface area contributed by atoms with Crippen molar-refractivity contribution in [2.45, 2.75) is 46.0 Å². The monoisotopic (exact) mass is 258 g/mol. The fourth-order valence-corrected chi connectivity index (χ4v) is 3.48. The largest absolute Gasteiger partial charge is 0.496 e.